The average Bonchev–Trinajstić information content (AvgIpc) is 3.32. The number of likely N-dealkylation sites (tertiary alicyclic amines) is 1. The van der Waals surface area contributed by atoms with Gasteiger partial charge in [0, 0.05) is 6.54 Å². The van der Waals surface area contributed by atoms with Crippen LogP contribution < -0.4 is 10.5 Å². The largest absolute Gasteiger partial charge is 0.497 e. The molecule has 148 valence electrons. The van der Waals surface area contributed by atoms with Gasteiger partial charge in [-0.1, -0.05) is 6.92 Å². The number of amides is 2. The molecule has 2 amide bonds. The van der Waals surface area contributed by atoms with Crippen LogP contribution in [-0.2, 0) is 4.79 Å². The van der Waals surface area contributed by atoms with Crippen molar-refractivity contribution >= 4 is 23.2 Å². The maximum Gasteiger partial charge on any atom is 0.274 e. The molecule has 0 radical (unpaired) electrons. The number of ether oxygens (including phenoxy) is 1. The Kier molecular flexibility index (Phi) is 4.87. The maximum absolute atomic E-state index is 13.4. The number of carbonyl (C=O) groups excluding carboxylic acids is 2. The lowest BCUT2D eigenvalue weighted by atomic mass is 9.93. The first-order chi connectivity index (χ1) is 13.4. The van der Waals surface area contributed by atoms with E-state index < -0.39 is 11.9 Å². The number of fused-ring (bicyclic) bond motifs is 1. The SMILES string of the molecule is COc1ccc(-c2sc(C)nc2C(=O)N2C[C@@H]3CC(C)C[C@@H]3[C@H]2C(N)=O)cc1. The molecule has 0 bridgehead atoms. The second kappa shape index (κ2) is 7.20. The second-order valence-electron chi connectivity index (χ2n) is 7.94. The number of hydrogen-bond acceptors (Lipinski definition) is 5. The molecule has 4 rings (SSSR count). The number of benzene rings is 1. The Morgan fingerprint density at radius 2 is 1.96 bits per heavy atom. The van der Waals surface area contributed by atoms with Crippen LogP contribution in [-0.4, -0.2) is 41.4 Å². The Hall–Kier alpha value is -2.41. The summed E-state index contributed by atoms with van der Waals surface area (Å²) in [5.41, 5.74) is 7.05. The van der Waals surface area contributed by atoms with Gasteiger partial charge in [0.25, 0.3) is 5.91 Å². The van der Waals surface area contributed by atoms with Crippen molar-refractivity contribution < 1.29 is 14.3 Å². The van der Waals surface area contributed by atoms with Crippen molar-refractivity contribution in [2.45, 2.75) is 32.7 Å². The number of nitrogens with two attached hydrogens (primary N) is 1. The van der Waals surface area contributed by atoms with Gasteiger partial charge in [0.2, 0.25) is 5.91 Å². The normalized spacial score (nSPS) is 26.3. The van der Waals surface area contributed by atoms with E-state index in [9.17, 15) is 9.59 Å². The van der Waals surface area contributed by atoms with Crippen LogP contribution in [0.5, 0.6) is 5.75 Å². The van der Waals surface area contributed by atoms with Gasteiger partial charge < -0.3 is 15.4 Å². The van der Waals surface area contributed by atoms with Gasteiger partial charge in [-0.05, 0) is 67.3 Å². The number of hydrogen-bond donors (Lipinski definition) is 1. The van der Waals surface area contributed by atoms with Crippen molar-refractivity contribution in [2.24, 2.45) is 23.5 Å². The van der Waals surface area contributed by atoms with Crippen LogP contribution in [0.2, 0.25) is 0 Å². The fraction of sp³-hybridized carbons (Fsp3) is 0.476. The molecule has 2 aromatic rings. The molecule has 0 spiro atoms. The van der Waals surface area contributed by atoms with Crippen LogP contribution >= 0.6 is 11.3 Å². The monoisotopic (exact) mass is 399 g/mol. The van der Waals surface area contributed by atoms with Gasteiger partial charge in [0.15, 0.2) is 0 Å². The summed E-state index contributed by atoms with van der Waals surface area (Å²) in [6.45, 7) is 4.68. The van der Waals surface area contributed by atoms with E-state index in [1.54, 1.807) is 12.0 Å². The minimum absolute atomic E-state index is 0.167. The van der Waals surface area contributed by atoms with Crippen molar-refractivity contribution in [2.75, 3.05) is 13.7 Å². The summed E-state index contributed by atoms with van der Waals surface area (Å²) in [6.07, 6.45) is 1.99. The van der Waals surface area contributed by atoms with E-state index in [1.807, 2.05) is 31.2 Å². The number of aromatic nitrogens is 1. The zero-order chi connectivity index (χ0) is 20.0. The fourth-order valence-electron chi connectivity index (χ4n) is 4.86. The van der Waals surface area contributed by atoms with Crippen molar-refractivity contribution in [3.63, 3.8) is 0 Å². The zero-order valence-corrected chi connectivity index (χ0v) is 17.2. The summed E-state index contributed by atoms with van der Waals surface area (Å²) >= 11 is 1.48. The average molecular weight is 400 g/mol. The Bertz CT molecular complexity index is 908. The number of carbonyl (C=O) groups is 2. The van der Waals surface area contributed by atoms with Crippen molar-refractivity contribution in [3.05, 3.63) is 35.0 Å². The smallest absolute Gasteiger partial charge is 0.274 e. The van der Waals surface area contributed by atoms with Crippen molar-refractivity contribution in [1.82, 2.24) is 9.88 Å². The van der Waals surface area contributed by atoms with Crippen molar-refractivity contribution in [3.8, 4) is 16.2 Å². The second-order valence-corrected chi connectivity index (χ2v) is 9.15. The molecule has 2 heterocycles. The topological polar surface area (TPSA) is 85.5 Å². The molecule has 4 atom stereocenters. The highest BCUT2D eigenvalue weighted by Gasteiger charge is 2.51. The minimum atomic E-state index is -0.534. The van der Waals surface area contributed by atoms with E-state index in [1.165, 1.54) is 11.3 Å². The van der Waals surface area contributed by atoms with Gasteiger partial charge in [0.05, 0.1) is 17.0 Å². The molecular formula is C21H25N3O3S. The number of nitrogens with zero attached hydrogens (tertiary/aromatic N) is 2. The molecule has 2 N–H and O–H groups in total. The van der Waals surface area contributed by atoms with Crippen molar-refractivity contribution in [1.29, 1.82) is 0 Å². The van der Waals surface area contributed by atoms with E-state index in [2.05, 4.69) is 11.9 Å². The third-order valence-electron chi connectivity index (χ3n) is 6.00. The molecular weight excluding hydrogens is 374 g/mol. The molecule has 1 aromatic heterocycles. The van der Waals surface area contributed by atoms with Gasteiger partial charge in [-0.2, -0.15) is 0 Å². The Labute approximate surface area is 168 Å². The standard InChI is InChI=1S/C21H25N3O3S/c1-11-8-14-10-24(18(20(22)25)16(14)9-11)21(26)17-19(28-12(2)23-17)13-4-6-15(27-3)7-5-13/h4-7,11,14,16,18H,8-10H2,1-3H3,(H2,22,25)/t11?,14-,16-,18-/m0/s1. The van der Waals surface area contributed by atoms with Gasteiger partial charge in [-0.15, -0.1) is 11.3 Å². The summed E-state index contributed by atoms with van der Waals surface area (Å²) in [6, 6.07) is 7.05. The highest BCUT2D eigenvalue weighted by Crippen LogP contribution is 2.45. The third-order valence-corrected chi connectivity index (χ3v) is 7.02. The lowest BCUT2D eigenvalue weighted by molar-refractivity contribution is -0.122. The zero-order valence-electron chi connectivity index (χ0n) is 16.3. The lowest BCUT2D eigenvalue weighted by Gasteiger charge is -2.25. The van der Waals surface area contributed by atoms with Gasteiger partial charge in [0.1, 0.15) is 17.5 Å². The molecule has 1 aromatic carbocycles. The maximum atomic E-state index is 13.4. The van der Waals surface area contributed by atoms with Crippen LogP contribution in [0.3, 0.4) is 0 Å². The molecule has 1 unspecified atom stereocenters. The fourth-order valence-corrected chi connectivity index (χ4v) is 5.77. The molecule has 1 aliphatic heterocycles. The minimum Gasteiger partial charge on any atom is -0.497 e. The Morgan fingerprint density at radius 3 is 2.61 bits per heavy atom. The van der Waals surface area contributed by atoms with E-state index in [0.717, 1.165) is 34.0 Å². The highest BCUT2D eigenvalue weighted by molar-refractivity contribution is 7.15. The van der Waals surface area contributed by atoms with Crippen LogP contribution in [0.15, 0.2) is 24.3 Å². The van der Waals surface area contributed by atoms with Crippen LogP contribution in [0.1, 0.15) is 35.3 Å². The van der Waals surface area contributed by atoms with E-state index >= 15 is 0 Å². The first-order valence-corrected chi connectivity index (χ1v) is 10.4. The number of methoxy groups -OCH3 is 1. The predicted molar refractivity (Wildman–Crippen MR) is 108 cm³/mol. The molecule has 7 heteroatoms. The molecule has 2 fully saturated rings. The summed E-state index contributed by atoms with van der Waals surface area (Å²) in [7, 11) is 1.62. The van der Waals surface area contributed by atoms with Crippen LogP contribution in [0.4, 0.5) is 0 Å². The van der Waals surface area contributed by atoms with E-state index in [-0.39, 0.29) is 11.8 Å². The quantitative estimate of drug-likeness (QED) is 0.856. The Morgan fingerprint density at radius 1 is 1.25 bits per heavy atom. The summed E-state index contributed by atoms with van der Waals surface area (Å²) in [5, 5.41) is 0.817. The van der Waals surface area contributed by atoms with Crippen LogP contribution in [0, 0.1) is 24.7 Å². The number of thiazole rings is 1. The molecule has 1 aliphatic carbocycles. The molecule has 6 nitrogen and oxygen atoms in total. The summed E-state index contributed by atoms with van der Waals surface area (Å²) in [5.74, 6) is 1.24. The van der Waals surface area contributed by atoms with Gasteiger partial charge in [-0.3, -0.25) is 9.59 Å². The highest BCUT2D eigenvalue weighted by atomic mass is 32.1. The predicted octanol–water partition coefficient (Wildman–Crippen LogP) is 3.10. The molecule has 1 saturated heterocycles. The van der Waals surface area contributed by atoms with Gasteiger partial charge >= 0.3 is 0 Å². The van der Waals surface area contributed by atoms with Gasteiger partial charge in [-0.25, -0.2) is 4.98 Å². The molecule has 2 aliphatic rings. The molecule has 1 saturated carbocycles. The number of rotatable bonds is 4. The lowest BCUT2D eigenvalue weighted by Crippen LogP contribution is -2.46. The summed E-state index contributed by atoms with van der Waals surface area (Å²) in [4.78, 5) is 32.7. The van der Waals surface area contributed by atoms with E-state index in [4.69, 9.17) is 10.5 Å². The first-order valence-electron chi connectivity index (χ1n) is 9.61. The number of primary amides is 1. The number of aryl methyl sites for hydroxylation is 1. The first kappa shape index (κ1) is 18.9. The van der Waals surface area contributed by atoms with E-state index in [0.29, 0.717) is 24.1 Å². The summed E-state index contributed by atoms with van der Waals surface area (Å²) < 4.78 is 5.22. The van der Waals surface area contributed by atoms with Crippen LogP contribution in [0.25, 0.3) is 10.4 Å². The third kappa shape index (κ3) is 3.17. The Balaban J connectivity index is 1.67. The molecule has 28 heavy (non-hydrogen) atoms.